The maximum absolute atomic E-state index is 13.5. The topological polar surface area (TPSA) is 42.0 Å². The molecule has 5 heteroatoms. The zero-order valence-corrected chi connectivity index (χ0v) is 17.0. The third-order valence-electron chi connectivity index (χ3n) is 8.86. The van der Waals surface area contributed by atoms with Gasteiger partial charge in [-0.3, -0.25) is 9.69 Å². The van der Waals surface area contributed by atoms with Crippen LogP contribution >= 0.6 is 0 Å². The molecule has 1 spiro atoms. The van der Waals surface area contributed by atoms with Gasteiger partial charge in [0.05, 0.1) is 30.6 Å². The highest BCUT2D eigenvalue weighted by Crippen LogP contribution is 2.70. The molecule has 1 aromatic rings. The van der Waals surface area contributed by atoms with E-state index < -0.39 is 0 Å². The van der Waals surface area contributed by atoms with Crippen LogP contribution < -0.4 is 4.90 Å². The number of amides is 1. The molecular formula is C24H28N2O3. The van der Waals surface area contributed by atoms with Gasteiger partial charge in [0, 0.05) is 31.3 Å². The average molecular weight is 392 g/mol. The Kier molecular flexibility index (Phi) is 3.24. The quantitative estimate of drug-likeness (QED) is 0.742. The number of ether oxygens (including phenoxy) is 2. The smallest absolute Gasteiger partial charge is 0.229 e. The SMILES string of the molecule is CCCO[C@]12C[C@H]3C4=CCO[C@H]5CC(=O)N6c7ccccc7[C@@]1(CCN2C4)[C@@H]6[C@H]53. The van der Waals surface area contributed by atoms with E-state index in [1.165, 1.54) is 11.1 Å². The van der Waals surface area contributed by atoms with Crippen LogP contribution in [0.25, 0.3) is 0 Å². The monoisotopic (exact) mass is 392 g/mol. The Morgan fingerprint density at radius 3 is 3.10 bits per heavy atom. The minimum Gasteiger partial charge on any atom is -0.373 e. The van der Waals surface area contributed by atoms with Crippen LogP contribution in [0.15, 0.2) is 35.9 Å². The summed E-state index contributed by atoms with van der Waals surface area (Å²) in [6.07, 6.45) is 5.97. The summed E-state index contributed by atoms with van der Waals surface area (Å²) in [5, 5.41) is 0. The lowest BCUT2D eigenvalue weighted by molar-refractivity contribution is -0.227. The molecule has 0 aromatic heterocycles. The number of anilines is 1. The highest BCUT2D eigenvalue weighted by atomic mass is 16.5. The fourth-order valence-corrected chi connectivity index (χ4v) is 8.05. The first-order chi connectivity index (χ1) is 14.2. The number of nitrogens with zero attached hydrogens (tertiary/aromatic N) is 2. The van der Waals surface area contributed by atoms with Crippen LogP contribution in [0.4, 0.5) is 5.69 Å². The maximum Gasteiger partial charge on any atom is 0.229 e. The summed E-state index contributed by atoms with van der Waals surface area (Å²) in [5.74, 6) is 1.05. The van der Waals surface area contributed by atoms with E-state index in [0.717, 1.165) is 44.6 Å². The molecule has 1 aromatic carbocycles. The predicted octanol–water partition coefficient (Wildman–Crippen LogP) is 2.85. The van der Waals surface area contributed by atoms with Crippen molar-refractivity contribution in [2.45, 2.75) is 55.9 Å². The van der Waals surface area contributed by atoms with Gasteiger partial charge in [-0.15, -0.1) is 0 Å². The second kappa shape index (κ2) is 5.51. The van der Waals surface area contributed by atoms with Crippen LogP contribution in [0.1, 0.15) is 38.2 Å². The number of hydrogen-bond donors (Lipinski definition) is 0. The summed E-state index contributed by atoms with van der Waals surface area (Å²) in [6.45, 7) is 5.64. The van der Waals surface area contributed by atoms with Gasteiger partial charge in [-0.2, -0.15) is 0 Å². The van der Waals surface area contributed by atoms with Crippen molar-refractivity contribution >= 4 is 11.6 Å². The third-order valence-corrected chi connectivity index (χ3v) is 8.86. The number of rotatable bonds is 3. The summed E-state index contributed by atoms with van der Waals surface area (Å²) in [5.41, 5.74) is 3.54. The van der Waals surface area contributed by atoms with Gasteiger partial charge in [0.2, 0.25) is 5.91 Å². The highest BCUT2D eigenvalue weighted by Gasteiger charge is 2.77. The first kappa shape index (κ1) is 17.0. The second-order valence-corrected chi connectivity index (χ2v) is 9.74. The van der Waals surface area contributed by atoms with Crippen LogP contribution in [0.2, 0.25) is 0 Å². The van der Waals surface area contributed by atoms with Gasteiger partial charge < -0.3 is 14.4 Å². The van der Waals surface area contributed by atoms with Gasteiger partial charge in [0.1, 0.15) is 5.72 Å². The molecule has 6 aliphatic rings. The normalized spacial score (nSPS) is 43.8. The number of carbonyl (C=O) groups excluding carboxylic acids is 1. The van der Waals surface area contributed by atoms with E-state index in [-0.39, 0.29) is 29.2 Å². The Bertz CT molecular complexity index is 944. The van der Waals surface area contributed by atoms with E-state index in [0.29, 0.717) is 24.9 Å². The van der Waals surface area contributed by atoms with Crippen molar-refractivity contribution in [2.24, 2.45) is 11.8 Å². The third kappa shape index (κ3) is 1.75. The van der Waals surface area contributed by atoms with Crippen molar-refractivity contribution in [1.29, 1.82) is 0 Å². The molecule has 5 nitrogen and oxygen atoms in total. The Morgan fingerprint density at radius 2 is 2.21 bits per heavy atom. The molecule has 7 rings (SSSR count). The van der Waals surface area contributed by atoms with Crippen molar-refractivity contribution < 1.29 is 14.3 Å². The summed E-state index contributed by atoms with van der Waals surface area (Å²) >= 11 is 0. The molecule has 5 heterocycles. The number of benzene rings is 1. The van der Waals surface area contributed by atoms with Gasteiger partial charge in [0.15, 0.2) is 0 Å². The molecular weight excluding hydrogens is 364 g/mol. The van der Waals surface area contributed by atoms with Crippen molar-refractivity contribution in [3.8, 4) is 0 Å². The predicted molar refractivity (Wildman–Crippen MR) is 109 cm³/mol. The van der Waals surface area contributed by atoms with Crippen LogP contribution in [0, 0.1) is 11.8 Å². The Hall–Kier alpha value is -1.69. The minimum absolute atomic E-state index is 0.0324. The summed E-state index contributed by atoms with van der Waals surface area (Å²) < 4.78 is 13.2. The van der Waals surface area contributed by atoms with Crippen molar-refractivity contribution in [1.82, 2.24) is 4.90 Å². The molecule has 3 saturated heterocycles. The van der Waals surface area contributed by atoms with E-state index >= 15 is 0 Å². The van der Waals surface area contributed by atoms with Gasteiger partial charge in [-0.25, -0.2) is 0 Å². The first-order valence-corrected chi connectivity index (χ1v) is 11.3. The van der Waals surface area contributed by atoms with Gasteiger partial charge in [-0.05, 0) is 36.8 Å². The van der Waals surface area contributed by atoms with Crippen LogP contribution in [0.3, 0.4) is 0 Å². The van der Waals surface area contributed by atoms with Crippen LogP contribution in [0.5, 0.6) is 0 Å². The van der Waals surface area contributed by atoms with Crippen molar-refractivity contribution in [2.75, 3.05) is 31.2 Å². The largest absolute Gasteiger partial charge is 0.373 e. The molecule has 1 saturated carbocycles. The zero-order chi connectivity index (χ0) is 19.4. The minimum atomic E-state index is -0.302. The van der Waals surface area contributed by atoms with E-state index in [4.69, 9.17) is 9.47 Å². The molecule has 0 unspecified atom stereocenters. The summed E-state index contributed by atoms with van der Waals surface area (Å²) in [4.78, 5) is 18.2. The molecule has 1 amide bonds. The Balaban J connectivity index is 1.54. The average Bonchev–Trinajstić information content (AvgIpc) is 3.17. The van der Waals surface area contributed by atoms with E-state index in [2.05, 4.69) is 47.1 Å². The lowest BCUT2D eigenvalue weighted by atomic mass is 9.51. The maximum atomic E-state index is 13.5. The lowest BCUT2D eigenvalue weighted by Gasteiger charge is -2.63. The molecule has 5 aliphatic heterocycles. The molecule has 2 bridgehead atoms. The number of hydrogen-bond acceptors (Lipinski definition) is 4. The Morgan fingerprint density at radius 1 is 1.31 bits per heavy atom. The highest BCUT2D eigenvalue weighted by molar-refractivity contribution is 5.99. The summed E-state index contributed by atoms with van der Waals surface area (Å²) in [6, 6.07) is 8.82. The number of fused-ring (bicyclic) bond motifs is 2. The fraction of sp³-hybridized carbons (Fsp3) is 0.625. The molecule has 6 atom stereocenters. The molecule has 0 radical (unpaired) electrons. The van der Waals surface area contributed by atoms with Gasteiger partial charge >= 0.3 is 0 Å². The molecule has 0 N–H and O–H groups in total. The number of piperidine rings is 2. The van der Waals surface area contributed by atoms with Crippen LogP contribution in [-0.2, 0) is 19.7 Å². The van der Waals surface area contributed by atoms with E-state index in [9.17, 15) is 4.79 Å². The van der Waals surface area contributed by atoms with Crippen molar-refractivity contribution in [3.63, 3.8) is 0 Å². The van der Waals surface area contributed by atoms with Gasteiger partial charge in [0.25, 0.3) is 0 Å². The van der Waals surface area contributed by atoms with E-state index in [1.807, 2.05) is 0 Å². The number of carbonyl (C=O) groups is 1. The standard InChI is InChI=1S/C24H28N2O3/c1-2-10-29-24-13-16-15-7-11-28-19-12-20(27)26-18-6-4-3-5-17(18)23(24,22(26)21(16)19)8-9-25(24)14-15/h3-7,16,19,21-22H,2,8-14H2,1H3/t16-,19-,21-,22-,23-,24+/m0/s1. The molecule has 1 aliphatic carbocycles. The second-order valence-electron chi connectivity index (χ2n) is 9.74. The van der Waals surface area contributed by atoms with E-state index in [1.54, 1.807) is 0 Å². The fourth-order valence-electron chi connectivity index (χ4n) is 8.05. The molecule has 4 fully saturated rings. The molecule has 29 heavy (non-hydrogen) atoms. The van der Waals surface area contributed by atoms with Crippen LogP contribution in [-0.4, -0.2) is 55.0 Å². The molecule has 152 valence electrons. The number of para-hydroxylation sites is 1. The summed E-state index contributed by atoms with van der Waals surface area (Å²) in [7, 11) is 0. The lowest BCUT2D eigenvalue weighted by Crippen LogP contribution is -2.75. The zero-order valence-electron chi connectivity index (χ0n) is 17.0. The van der Waals surface area contributed by atoms with Crippen molar-refractivity contribution in [3.05, 3.63) is 41.5 Å². The van der Waals surface area contributed by atoms with Gasteiger partial charge in [-0.1, -0.05) is 36.8 Å². The first-order valence-electron chi connectivity index (χ1n) is 11.3. The Labute approximate surface area is 171 Å².